The molecule has 0 aliphatic heterocycles. The van der Waals surface area contributed by atoms with Crippen LogP contribution in [0.15, 0.2) is 29.4 Å². The van der Waals surface area contributed by atoms with E-state index >= 15 is 0 Å². The summed E-state index contributed by atoms with van der Waals surface area (Å²) in [6.07, 6.45) is 0. The highest BCUT2D eigenvalue weighted by Gasteiger charge is 2.19. The number of thioether (sulfide) groups is 1. The summed E-state index contributed by atoms with van der Waals surface area (Å²) in [6, 6.07) is 6.82. The summed E-state index contributed by atoms with van der Waals surface area (Å²) in [7, 11) is 3.04. The average Bonchev–Trinajstić information content (AvgIpc) is 3.03. The first-order valence-corrected chi connectivity index (χ1v) is 7.67. The maximum Gasteiger partial charge on any atom is 0.321 e. The fourth-order valence-electron chi connectivity index (χ4n) is 1.66. The maximum absolute atomic E-state index is 11.8. The van der Waals surface area contributed by atoms with Gasteiger partial charge in [0.15, 0.2) is 5.82 Å². The molecule has 0 aliphatic carbocycles. The number of ether oxygens (including phenoxy) is 1. The highest BCUT2D eigenvalue weighted by molar-refractivity contribution is 8.00. The van der Waals surface area contributed by atoms with Crippen LogP contribution in [0.4, 0.5) is 4.79 Å². The number of nitrogens with one attached hydrogen (secondary N) is 3. The van der Waals surface area contributed by atoms with E-state index in [1.54, 1.807) is 14.0 Å². The van der Waals surface area contributed by atoms with E-state index in [-0.39, 0.29) is 0 Å². The number of rotatable bonds is 5. The fourth-order valence-corrected chi connectivity index (χ4v) is 2.39. The third kappa shape index (κ3) is 4.46. The van der Waals surface area contributed by atoms with Crippen molar-refractivity contribution in [3.8, 4) is 17.1 Å². The van der Waals surface area contributed by atoms with Crippen molar-refractivity contribution in [1.82, 2.24) is 25.8 Å². The van der Waals surface area contributed by atoms with Crippen molar-refractivity contribution in [1.29, 1.82) is 0 Å². The largest absolute Gasteiger partial charge is 0.497 e. The van der Waals surface area contributed by atoms with Gasteiger partial charge in [-0.3, -0.25) is 15.2 Å². The number of H-pyrrole nitrogens is 1. The van der Waals surface area contributed by atoms with Crippen LogP contribution >= 0.6 is 11.8 Å². The molecule has 2 aromatic rings. The molecule has 1 atom stereocenters. The lowest BCUT2D eigenvalue weighted by Crippen LogP contribution is -2.41. The number of amides is 3. The fraction of sp³-hybridized carbons (Fsp3) is 0.286. The van der Waals surface area contributed by atoms with Gasteiger partial charge in [-0.2, -0.15) is 0 Å². The van der Waals surface area contributed by atoms with Gasteiger partial charge < -0.3 is 10.1 Å². The van der Waals surface area contributed by atoms with Crippen LogP contribution < -0.4 is 15.4 Å². The van der Waals surface area contributed by atoms with Gasteiger partial charge in [0.25, 0.3) is 0 Å². The quantitative estimate of drug-likeness (QED) is 0.713. The number of hydrogen-bond acceptors (Lipinski definition) is 6. The van der Waals surface area contributed by atoms with Gasteiger partial charge in [-0.15, -0.1) is 5.10 Å². The highest BCUT2D eigenvalue weighted by Crippen LogP contribution is 2.24. The normalized spacial score (nSPS) is 11.6. The molecule has 23 heavy (non-hydrogen) atoms. The number of benzene rings is 1. The van der Waals surface area contributed by atoms with Crippen LogP contribution in [0.2, 0.25) is 0 Å². The highest BCUT2D eigenvalue weighted by atomic mass is 32.2. The van der Waals surface area contributed by atoms with Crippen LogP contribution in [0, 0.1) is 0 Å². The maximum atomic E-state index is 11.8. The van der Waals surface area contributed by atoms with E-state index in [0.29, 0.717) is 11.0 Å². The molecule has 0 aliphatic rings. The predicted molar refractivity (Wildman–Crippen MR) is 86.3 cm³/mol. The van der Waals surface area contributed by atoms with Crippen LogP contribution in [-0.2, 0) is 4.79 Å². The Morgan fingerprint density at radius 2 is 2.00 bits per heavy atom. The summed E-state index contributed by atoms with van der Waals surface area (Å²) >= 11 is 1.16. The molecule has 8 nitrogen and oxygen atoms in total. The van der Waals surface area contributed by atoms with Crippen LogP contribution in [0.3, 0.4) is 0 Å². The van der Waals surface area contributed by atoms with E-state index in [4.69, 9.17) is 4.74 Å². The molecular formula is C14H17N5O3S. The van der Waals surface area contributed by atoms with Gasteiger partial charge in [0, 0.05) is 12.6 Å². The topological polar surface area (TPSA) is 109 Å². The number of carbonyl (C=O) groups is 2. The zero-order valence-corrected chi connectivity index (χ0v) is 13.7. The third-order valence-electron chi connectivity index (χ3n) is 2.94. The third-order valence-corrected chi connectivity index (χ3v) is 3.90. The molecule has 0 saturated heterocycles. The Morgan fingerprint density at radius 1 is 1.30 bits per heavy atom. The predicted octanol–water partition coefficient (Wildman–Crippen LogP) is 1.42. The van der Waals surface area contributed by atoms with Gasteiger partial charge >= 0.3 is 6.03 Å². The van der Waals surface area contributed by atoms with Crippen molar-refractivity contribution in [2.75, 3.05) is 14.2 Å². The molecule has 0 radical (unpaired) electrons. The first-order valence-electron chi connectivity index (χ1n) is 6.79. The lowest BCUT2D eigenvalue weighted by molar-refractivity contribution is -0.119. The number of urea groups is 1. The second-order valence-electron chi connectivity index (χ2n) is 4.52. The molecule has 1 heterocycles. The minimum absolute atomic E-state index is 0.412. The Balaban J connectivity index is 2.01. The molecule has 9 heteroatoms. The second kappa shape index (κ2) is 7.63. The Hall–Kier alpha value is -2.55. The van der Waals surface area contributed by atoms with Gasteiger partial charge in [0.1, 0.15) is 5.75 Å². The monoisotopic (exact) mass is 335 g/mol. The average molecular weight is 335 g/mol. The smallest absolute Gasteiger partial charge is 0.321 e. The van der Waals surface area contributed by atoms with Gasteiger partial charge in [-0.25, -0.2) is 9.78 Å². The molecule has 1 unspecified atom stereocenters. The molecule has 0 spiro atoms. The SMILES string of the molecule is CNC(=O)NC(=O)C(C)Sc1n[nH]c(-c2ccc(OC)cc2)n1. The molecule has 0 saturated carbocycles. The van der Waals surface area contributed by atoms with Crippen molar-refractivity contribution in [2.24, 2.45) is 0 Å². The zero-order chi connectivity index (χ0) is 16.8. The number of hydrogen-bond donors (Lipinski definition) is 3. The molecule has 3 amide bonds. The van der Waals surface area contributed by atoms with Crippen molar-refractivity contribution in [3.05, 3.63) is 24.3 Å². The van der Waals surface area contributed by atoms with E-state index in [2.05, 4.69) is 25.8 Å². The van der Waals surface area contributed by atoms with Crippen molar-refractivity contribution >= 4 is 23.7 Å². The van der Waals surface area contributed by atoms with E-state index in [1.807, 2.05) is 24.3 Å². The second-order valence-corrected chi connectivity index (χ2v) is 5.83. The number of aromatic nitrogens is 3. The van der Waals surface area contributed by atoms with Crippen molar-refractivity contribution in [2.45, 2.75) is 17.3 Å². The van der Waals surface area contributed by atoms with Crippen LogP contribution in [0.5, 0.6) is 5.75 Å². The number of methoxy groups -OCH3 is 1. The van der Waals surface area contributed by atoms with Gasteiger partial charge in [0.2, 0.25) is 11.1 Å². The van der Waals surface area contributed by atoms with Crippen LogP contribution in [0.1, 0.15) is 6.92 Å². The molecule has 122 valence electrons. The summed E-state index contributed by atoms with van der Waals surface area (Å²) in [5.41, 5.74) is 0.854. The molecule has 2 rings (SSSR count). The van der Waals surface area contributed by atoms with Crippen molar-refractivity contribution in [3.63, 3.8) is 0 Å². The Bertz CT molecular complexity index is 686. The van der Waals surface area contributed by atoms with Gasteiger partial charge in [-0.1, -0.05) is 11.8 Å². The number of carbonyl (C=O) groups excluding carboxylic acids is 2. The van der Waals surface area contributed by atoms with E-state index < -0.39 is 17.2 Å². The Morgan fingerprint density at radius 3 is 2.61 bits per heavy atom. The summed E-state index contributed by atoms with van der Waals surface area (Å²) < 4.78 is 5.10. The summed E-state index contributed by atoms with van der Waals surface area (Å²) in [5.74, 6) is 0.932. The van der Waals surface area contributed by atoms with Crippen LogP contribution in [0.25, 0.3) is 11.4 Å². The minimum atomic E-state index is -0.545. The molecule has 0 fully saturated rings. The molecule has 1 aromatic carbocycles. The van der Waals surface area contributed by atoms with Gasteiger partial charge in [0.05, 0.1) is 12.4 Å². The number of imide groups is 1. The lowest BCUT2D eigenvalue weighted by atomic mass is 10.2. The molecule has 3 N–H and O–H groups in total. The number of nitrogens with zero attached hydrogens (tertiary/aromatic N) is 2. The zero-order valence-electron chi connectivity index (χ0n) is 12.9. The standard InChI is InChI=1S/C14H17N5O3S/c1-8(12(20)17-13(21)15-2)23-14-16-11(18-19-14)9-4-6-10(22-3)7-5-9/h4-8H,1-3H3,(H,16,18,19)(H2,15,17,20,21). The Labute approximate surface area is 137 Å². The lowest BCUT2D eigenvalue weighted by Gasteiger charge is -2.08. The number of aromatic amines is 1. The summed E-state index contributed by atoms with van der Waals surface area (Å²) in [4.78, 5) is 27.2. The van der Waals surface area contributed by atoms with E-state index in [0.717, 1.165) is 23.1 Å². The minimum Gasteiger partial charge on any atom is -0.497 e. The van der Waals surface area contributed by atoms with Crippen molar-refractivity contribution < 1.29 is 14.3 Å². The first-order chi connectivity index (χ1) is 11.0. The molecular weight excluding hydrogens is 318 g/mol. The van der Waals surface area contributed by atoms with E-state index in [1.165, 1.54) is 7.05 Å². The Kier molecular flexibility index (Phi) is 5.58. The first kappa shape index (κ1) is 16.8. The summed E-state index contributed by atoms with van der Waals surface area (Å²) in [6.45, 7) is 1.67. The van der Waals surface area contributed by atoms with E-state index in [9.17, 15) is 9.59 Å². The summed E-state index contributed by atoms with van der Waals surface area (Å²) in [5, 5.41) is 11.3. The molecule has 1 aromatic heterocycles. The molecule has 0 bridgehead atoms. The van der Waals surface area contributed by atoms with Gasteiger partial charge in [-0.05, 0) is 31.2 Å². The van der Waals surface area contributed by atoms with Crippen LogP contribution in [-0.4, -0.2) is 46.5 Å².